The number of amides is 2. The molecule has 1 aliphatic heterocycles. The Kier molecular flexibility index (Phi) is 13.9. The molecule has 7 atom stereocenters. The molecule has 11 heteroatoms. The molecule has 0 unspecified atom stereocenters. The molecule has 1 fully saturated rings. The molecule has 256 valence electrons. The number of nitrogens with two attached hydrogens (primary N) is 1. The van der Waals surface area contributed by atoms with Crippen molar-refractivity contribution in [1.82, 2.24) is 5.32 Å². The molecule has 2 amide bonds. The van der Waals surface area contributed by atoms with Gasteiger partial charge < -0.3 is 30.0 Å². The van der Waals surface area contributed by atoms with E-state index in [2.05, 4.69) is 5.32 Å². The molecule has 0 aliphatic carbocycles. The third-order valence-corrected chi connectivity index (χ3v) is 8.07. The largest absolute Gasteiger partial charge is 0.494 e. The predicted molar refractivity (Wildman–Crippen MR) is 173 cm³/mol. The molecular weight excluding hydrogens is 607 g/mol. The summed E-state index contributed by atoms with van der Waals surface area (Å²) in [5, 5.41) is 2.75. The number of rotatable bonds is 18. The van der Waals surface area contributed by atoms with Gasteiger partial charge in [0, 0.05) is 24.8 Å². The zero-order chi connectivity index (χ0) is 34.7. The molecular formula is C36H47FN2O8. The summed E-state index contributed by atoms with van der Waals surface area (Å²) < 4.78 is 36.5. The van der Waals surface area contributed by atoms with Crippen LogP contribution in [-0.4, -0.2) is 55.7 Å². The number of ether oxygens (including phenoxy) is 4. The summed E-state index contributed by atoms with van der Waals surface area (Å²) in [4.78, 5) is 50.6. The first-order chi connectivity index (χ1) is 22.3. The molecule has 1 heterocycles. The maximum absolute atomic E-state index is 14.1. The standard InChI is InChI=1S/C36H47FN2O8/c1-21(2)17-30(46-35(42)23(4)20-39-34(41)22(3)18-25-15-16-29(44-6)27(37)19-25)36(43)45-28(13-10-14-31(38)40)24(5)32-33(47-32)26-11-8-7-9-12-26/h7-12,14-16,19,21-24,28,30,32-33H,13,17-18,20H2,1-6H3,(H2,38,40)(H,39,41)/b14-10+/t22-,23-,24+,28+,30+,32-,33-/m1/s1. The van der Waals surface area contributed by atoms with Crippen molar-refractivity contribution in [2.45, 2.75) is 78.3 Å². The second-order valence-electron chi connectivity index (χ2n) is 12.6. The SMILES string of the molecule is COc1ccc(C[C@@H](C)C(=O)NC[C@@H](C)C(=O)O[C@@H](CC(C)C)C(=O)O[C@@H](C/C=C/C(N)=O)[C@H](C)[C@H]2O[C@@H]2c2ccccc2)cc1F. The highest BCUT2D eigenvalue weighted by Crippen LogP contribution is 2.45. The van der Waals surface area contributed by atoms with Gasteiger partial charge in [0.25, 0.3) is 0 Å². The lowest BCUT2D eigenvalue weighted by Crippen LogP contribution is -2.40. The van der Waals surface area contributed by atoms with Gasteiger partial charge in [-0.3, -0.25) is 14.4 Å². The molecule has 1 aliphatic rings. The van der Waals surface area contributed by atoms with Crippen LogP contribution < -0.4 is 15.8 Å². The third-order valence-electron chi connectivity index (χ3n) is 8.07. The highest BCUT2D eigenvalue weighted by Gasteiger charge is 2.47. The van der Waals surface area contributed by atoms with Crippen molar-refractivity contribution in [3.05, 3.63) is 77.6 Å². The van der Waals surface area contributed by atoms with E-state index in [-0.39, 0.29) is 55.1 Å². The lowest BCUT2D eigenvalue weighted by atomic mass is 9.93. The van der Waals surface area contributed by atoms with Crippen molar-refractivity contribution in [2.24, 2.45) is 29.4 Å². The average Bonchev–Trinajstić information content (AvgIpc) is 3.83. The van der Waals surface area contributed by atoms with Crippen molar-refractivity contribution >= 4 is 23.8 Å². The molecule has 0 radical (unpaired) electrons. The minimum atomic E-state index is -1.18. The maximum Gasteiger partial charge on any atom is 0.347 e. The van der Waals surface area contributed by atoms with Crippen molar-refractivity contribution in [3.63, 3.8) is 0 Å². The quantitative estimate of drug-likeness (QED) is 0.132. The number of carbonyl (C=O) groups is 4. The summed E-state index contributed by atoms with van der Waals surface area (Å²) in [6.45, 7) is 8.99. The second-order valence-corrected chi connectivity index (χ2v) is 12.6. The topological polar surface area (TPSA) is 147 Å². The van der Waals surface area contributed by atoms with E-state index in [0.29, 0.717) is 12.0 Å². The van der Waals surface area contributed by atoms with Crippen molar-refractivity contribution < 1.29 is 42.5 Å². The van der Waals surface area contributed by atoms with E-state index >= 15 is 0 Å². The van der Waals surface area contributed by atoms with Crippen LogP contribution in [0, 0.1) is 29.5 Å². The normalized spacial score (nSPS) is 18.9. The predicted octanol–water partition coefficient (Wildman–Crippen LogP) is 4.84. The van der Waals surface area contributed by atoms with Crippen LogP contribution in [0.4, 0.5) is 4.39 Å². The summed E-state index contributed by atoms with van der Waals surface area (Å²) in [6.07, 6.45) is 1.29. The first kappa shape index (κ1) is 37.2. The highest BCUT2D eigenvalue weighted by atomic mass is 19.1. The smallest absolute Gasteiger partial charge is 0.347 e. The number of esters is 2. The van der Waals surface area contributed by atoms with Gasteiger partial charge in [-0.2, -0.15) is 0 Å². The van der Waals surface area contributed by atoms with Crippen LogP contribution in [0.15, 0.2) is 60.7 Å². The minimum Gasteiger partial charge on any atom is -0.494 e. The van der Waals surface area contributed by atoms with Gasteiger partial charge in [-0.15, -0.1) is 0 Å². The Morgan fingerprint density at radius 1 is 0.979 bits per heavy atom. The third kappa shape index (κ3) is 11.5. The summed E-state index contributed by atoms with van der Waals surface area (Å²) in [7, 11) is 1.38. The number of primary amides is 1. The number of epoxide rings is 1. The Hall–Kier alpha value is -4.25. The van der Waals surface area contributed by atoms with Gasteiger partial charge in [-0.25, -0.2) is 9.18 Å². The van der Waals surface area contributed by atoms with E-state index in [0.717, 1.165) is 5.56 Å². The van der Waals surface area contributed by atoms with Crippen LogP contribution in [0.5, 0.6) is 5.75 Å². The van der Waals surface area contributed by atoms with Crippen molar-refractivity contribution in [3.8, 4) is 5.75 Å². The van der Waals surface area contributed by atoms with Gasteiger partial charge in [0.1, 0.15) is 12.2 Å². The molecule has 3 N–H and O–H groups in total. The average molecular weight is 655 g/mol. The summed E-state index contributed by atoms with van der Waals surface area (Å²) in [5.41, 5.74) is 6.91. The number of carbonyl (C=O) groups excluding carboxylic acids is 4. The van der Waals surface area contributed by atoms with Crippen LogP contribution >= 0.6 is 0 Å². The van der Waals surface area contributed by atoms with E-state index in [1.165, 1.54) is 25.3 Å². The lowest BCUT2D eigenvalue weighted by molar-refractivity contribution is -0.176. The summed E-state index contributed by atoms with van der Waals surface area (Å²) in [6, 6.07) is 14.2. The van der Waals surface area contributed by atoms with Crippen LogP contribution in [-0.2, 0) is 39.8 Å². The molecule has 1 saturated heterocycles. The Morgan fingerprint density at radius 2 is 1.68 bits per heavy atom. The molecule has 2 aromatic rings. The van der Waals surface area contributed by atoms with Gasteiger partial charge in [0.15, 0.2) is 17.7 Å². The Labute approximate surface area is 276 Å². The van der Waals surface area contributed by atoms with Crippen molar-refractivity contribution in [2.75, 3.05) is 13.7 Å². The second kappa shape index (κ2) is 17.6. The van der Waals surface area contributed by atoms with E-state index in [1.807, 2.05) is 51.1 Å². The molecule has 47 heavy (non-hydrogen) atoms. The van der Waals surface area contributed by atoms with Gasteiger partial charge in [0.05, 0.1) is 19.1 Å². The summed E-state index contributed by atoms with van der Waals surface area (Å²) >= 11 is 0. The summed E-state index contributed by atoms with van der Waals surface area (Å²) in [5.74, 6) is -4.18. The number of benzene rings is 2. The van der Waals surface area contributed by atoms with E-state index < -0.39 is 47.7 Å². The van der Waals surface area contributed by atoms with Gasteiger partial charge in [-0.1, -0.05) is 77.1 Å². The first-order valence-corrected chi connectivity index (χ1v) is 16.0. The lowest BCUT2D eigenvalue weighted by Gasteiger charge is -2.26. The van der Waals surface area contributed by atoms with Gasteiger partial charge >= 0.3 is 11.9 Å². The van der Waals surface area contributed by atoms with E-state index in [1.54, 1.807) is 26.0 Å². The molecule has 0 aromatic heterocycles. The first-order valence-electron chi connectivity index (χ1n) is 16.0. The number of methoxy groups -OCH3 is 1. The Bertz CT molecular complexity index is 1400. The molecule has 3 rings (SSSR count). The molecule has 10 nitrogen and oxygen atoms in total. The van der Waals surface area contributed by atoms with Crippen LogP contribution in [0.25, 0.3) is 0 Å². The van der Waals surface area contributed by atoms with Crippen LogP contribution in [0.1, 0.15) is 64.7 Å². The monoisotopic (exact) mass is 654 g/mol. The van der Waals surface area contributed by atoms with E-state index in [4.69, 9.17) is 24.7 Å². The maximum atomic E-state index is 14.1. The van der Waals surface area contributed by atoms with Gasteiger partial charge in [0.2, 0.25) is 11.8 Å². The van der Waals surface area contributed by atoms with Crippen molar-refractivity contribution in [1.29, 1.82) is 0 Å². The molecule has 0 spiro atoms. The fraction of sp³-hybridized carbons (Fsp3) is 0.500. The fourth-order valence-electron chi connectivity index (χ4n) is 5.23. The van der Waals surface area contributed by atoms with E-state index in [9.17, 15) is 23.6 Å². The fourth-order valence-corrected chi connectivity index (χ4v) is 5.23. The molecule has 2 aromatic carbocycles. The molecule has 0 bridgehead atoms. The number of nitrogens with one attached hydrogen (secondary N) is 1. The Balaban J connectivity index is 1.60. The zero-order valence-electron chi connectivity index (χ0n) is 27.9. The van der Waals surface area contributed by atoms with Crippen LogP contribution in [0.2, 0.25) is 0 Å². The van der Waals surface area contributed by atoms with Crippen LogP contribution in [0.3, 0.4) is 0 Å². The number of hydrogen-bond donors (Lipinski definition) is 2. The Morgan fingerprint density at radius 3 is 2.30 bits per heavy atom. The highest BCUT2D eigenvalue weighted by molar-refractivity contribution is 5.85. The zero-order valence-corrected chi connectivity index (χ0v) is 27.9. The molecule has 0 saturated carbocycles. The number of hydrogen-bond acceptors (Lipinski definition) is 8. The minimum absolute atomic E-state index is 0.00106. The van der Waals surface area contributed by atoms with Gasteiger partial charge in [-0.05, 0) is 48.1 Å². The number of halogens is 1.